The number of benzene rings is 1. The molecule has 0 radical (unpaired) electrons. The highest BCUT2D eigenvalue weighted by atomic mass is 35.5. The van der Waals surface area contributed by atoms with Gasteiger partial charge in [0.15, 0.2) is 5.65 Å². The maximum Gasteiger partial charge on any atom is 0.243 e. The van der Waals surface area contributed by atoms with Crippen LogP contribution in [0.2, 0.25) is 5.28 Å². The van der Waals surface area contributed by atoms with Crippen molar-refractivity contribution in [1.82, 2.24) is 14.6 Å². The molecule has 19 heavy (non-hydrogen) atoms. The third-order valence-corrected chi connectivity index (χ3v) is 2.89. The van der Waals surface area contributed by atoms with Crippen LogP contribution in [0, 0.1) is 5.82 Å². The van der Waals surface area contributed by atoms with Gasteiger partial charge in [-0.15, -0.1) is 5.10 Å². The lowest BCUT2D eigenvalue weighted by atomic mass is 10.2. The second-order valence-electron chi connectivity index (χ2n) is 4.05. The van der Waals surface area contributed by atoms with E-state index in [0.29, 0.717) is 12.2 Å². The van der Waals surface area contributed by atoms with Crippen molar-refractivity contribution in [2.75, 3.05) is 5.32 Å². The molecule has 0 saturated heterocycles. The van der Waals surface area contributed by atoms with Crippen LogP contribution in [0.5, 0.6) is 0 Å². The molecule has 3 aromatic rings. The topological polar surface area (TPSA) is 42.2 Å². The molecule has 4 nitrogen and oxygen atoms in total. The number of halogens is 2. The lowest BCUT2D eigenvalue weighted by Crippen LogP contribution is -2.01. The molecule has 0 bridgehead atoms. The molecular formula is C13H10ClFN4. The summed E-state index contributed by atoms with van der Waals surface area (Å²) in [5.74, 6) is -0.241. The number of rotatable bonds is 3. The average Bonchev–Trinajstić information content (AvgIpc) is 2.79. The van der Waals surface area contributed by atoms with Crippen LogP contribution in [0.1, 0.15) is 5.56 Å². The molecule has 3 rings (SSSR count). The molecule has 0 spiro atoms. The summed E-state index contributed by atoms with van der Waals surface area (Å²) in [6, 6.07) is 10.1. The molecule has 6 heteroatoms. The molecule has 2 aromatic heterocycles. The van der Waals surface area contributed by atoms with Crippen LogP contribution in [0.4, 0.5) is 10.1 Å². The van der Waals surface area contributed by atoms with Crippen molar-refractivity contribution < 1.29 is 4.39 Å². The third kappa shape index (κ3) is 2.51. The van der Waals surface area contributed by atoms with Gasteiger partial charge in [0.05, 0.1) is 5.69 Å². The van der Waals surface area contributed by atoms with E-state index in [1.165, 1.54) is 12.1 Å². The fraction of sp³-hybridized carbons (Fsp3) is 0.0769. The Balaban J connectivity index is 1.83. The van der Waals surface area contributed by atoms with Gasteiger partial charge in [-0.3, -0.25) is 0 Å². The van der Waals surface area contributed by atoms with Gasteiger partial charge < -0.3 is 5.32 Å². The van der Waals surface area contributed by atoms with E-state index in [-0.39, 0.29) is 11.1 Å². The second kappa shape index (κ2) is 4.85. The minimum atomic E-state index is -0.241. The van der Waals surface area contributed by atoms with E-state index in [9.17, 15) is 4.39 Å². The Bertz CT molecular complexity index is 708. The first-order chi connectivity index (χ1) is 9.22. The summed E-state index contributed by atoms with van der Waals surface area (Å²) in [6.07, 6.45) is 1.78. The fourth-order valence-corrected chi connectivity index (χ4v) is 1.98. The van der Waals surface area contributed by atoms with Gasteiger partial charge in [0.25, 0.3) is 0 Å². The van der Waals surface area contributed by atoms with Crippen molar-refractivity contribution >= 4 is 22.9 Å². The molecule has 0 aliphatic carbocycles. The molecule has 0 amide bonds. The minimum Gasteiger partial charge on any atom is -0.378 e. The molecule has 0 aliphatic heterocycles. The summed E-state index contributed by atoms with van der Waals surface area (Å²) in [5, 5.41) is 7.46. The van der Waals surface area contributed by atoms with E-state index < -0.39 is 0 Å². The number of anilines is 1. The van der Waals surface area contributed by atoms with Crippen molar-refractivity contribution in [2.24, 2.45) is 0 Å². The van der Waals surface area contributed by atoms with Gasteiger partial charge in [-0.05, 0) is 41.4 Å². The lowest BCUT2D eigenvalue weighted by Gasteiger charge is -2.07. The van der Waals surface area contributed by atoms with Gasteiger partial charge in [-0.2, -0.15) is 4.98 Å². The summed E-state index contributed by atoms with van der Waals surface area (Å²) < 4.78 is 14.4. The Morgan fingerprint density at radius 3 is 2.79 bits per heavy atom. The van der Waals surface area contributed by atoms with Gasteiger partial charge in [0.1, 0.15) is 5.82 Å². The first-order valence-electron chi connectivity index (χ1n) is 5.71. The number of hydrogen-bond donors (Lipinski definition) is 1. The summed E-state index contributed by atoms with van der Waals surface area (Å²) >= 11 is 5.78. The summed E-state index contributed by atoms with van der Waals surface area (Å²) in [7, 11) is 0. The van der Waals surface area contributed by atoms with Gasteiger partial charge in [0.2, 0.25) is 5.28 Å². The maximum absolute atomic E-state index is 12.8. The monoisotopic (exact) mass is 276 g/mol. The van der Waals surface area contributed by atoms with Crippen molar-refractivity contribution in [3.63, 3.8) is 0 Å². The number of nitrogens with one attached hydrogen (secondary N) is 1. The lowest BCUT2D eigenvalue weighted by molar-refractivity contribution is 0.627. The fourth-order valence-electron chi connectivity index (χ4n) is 1.82. The molecule has 1 N–H and O–H groups in total. The molecular weight excluding hydrogens is 267 g/mol. The van der Waals surface area contributed by atoms with Gasteiger partial charge in [0, 0.05) is 12.7 Å². The van der Waals surface area contributed by atoms with Crippen molar-refractivity contribution in [1.29, 1.82) is 0 Å². The van der Waals surface area contributed by atoms with E-state index in [0.717, 1.165) is 11.3 Å². The van der Waals surface area contributed by atoms with Gasteiger partial charge in [-0.25, -0.2) is 8.91 Å². The molecule has 96 valence electrons. The number of fused-ring (bicyclic) bond motifs is 1. The second-order valence-corrected chi connectivity index (χ2v) is 4.39. The van der Waals surface area contributed by atoms with E-state index in [1.54, 1.807) is 22.8 Å². The molecule has 2 heterocycles. The highest BCUT2D eigenvalue weighted by Gasteiger charge is 2.05. The zero-order chi connectivity index (χ0) is 13.2. The normalized spacial score (nSPS) is 10.8. The highest BCUT2D eigenvalue weighted by molar-refractivity contribution is 6.28. The van der Waals surface area contributed by atoms with Crippen LogP contribution in [0.25, 0.3) is 5.65 Å². The Morgan fingerprint density at radius 1 is 1.21 bits per heavy atom. The van der Waals surface area contributed by atoms with Crippen molar-refractivity contribution in [3.8, 4) is 0 Å². The minimum absolute atomic E-state index is 0.205. The van der Waals surface area contributed by atoms with Crippen LogP contribution < -0.4 is 5.32 Å². The van der Waals surface area contributed by atoms with Crippen molar-refractivity contribution in [2.45, 2.75) is 6.54 Å². The van der Waals surface area contributed by atoms with Crippen LogP contribution in [-0.4, -0.2) is 14.6 Å². The standard InChI is InChI=1S/C13H10ClFN4/c14-13-17-12-11(2-1-7-19(12)18-13)16-8-9-3-5-10(15)6-4-9/h1-7,16H,8H2. The summed E-state index contributed by atoms with van der Waals surface area (Å²) in [6.45, 7) is 0.574. The number of nitrogens with zero attached hydrogens (tertiary/aromatic N) is 3. The molecule has 1 aromatic carbocycles. The Morgan fingerprint density at radius 2 is 2.00 bits per heavy atom. The first kappa shape index (κ1) is 11.9. The molecule has 0 aliphatic rings. The van der Waals surface area contributed by atoms with E-state index in [4.69, 9.17) is 11.6 Å². The van der Waals surface area contributed by atoms with E-state index in [2.05, 4.69) is 15.4 Å². The quantitative estimate of drug-likeness (QED) is 0.799. The third-order valence-electron chi connectivity index (χ3n) is 2.73. The maximum atomic E-state index is 12.8. The van der Waals surface area contributed by atoms with Crippen LogP contribution in [0.15, 0.2) is 42.6 Å². The van der Waals surface area contributed by atoms with Gasteiger partial charge in [-0.1, -0.05) is 12.1 Å². The Labute approximate surface area is 113 Å². The molecule has 0 fully saturated rings. The number of hydrogen-bond acceptors (Lipinski definition) is 3. The molecule has 0 atom stereocenters. The Hall–Kier alpha value is -2.14. The molecule has 0 unspecified atom stereocenters. The smallest absolute Gasteiger partial charge is 0.243 e. The highest BCUT2D eigenvalue weighted by Crippen LogP contribution is 2.17. The number of aromatic nitrogens is 3. The van der Waals surface area contributed by atoms with E-state index >= 15 is 0 Å². The first-order valence-corrected chi connectivity index (χ1v) is 6.09. The summed E-state index contributed by atoms with van der Waals surface area (Å²) in [5.41, 5.74) is 2.47. The van der Waals surface area contributed by atoms with Gasteiger partial charge >= 0.3 is 0 Å². The SMILES string of the molecule is Fc1ccc(CNc2cccn3nc(Cl)nc23)cc1. The number of pyridine rings is 1. The Kier molecular flexibility index (Phi) is 3.05. The van der Waals surface area contributed by atoms with Crippen LogP contribution in [-0.2, 0) is 6.54 Å². The zero-order valence-corrected chi connectivity index (χ0v) is 10.6. The van der Waals surface area contributed by atoms with E-state index in [1.807, 2.05) is 12.1 Å². The van der Waals surface area contributed by atoms with Crippen molar-refractivity contribution in [3.05, 3.63) is 59.3 Å². The predicted molar refractivity (Wildman–Crippen MR) is 71.7 cm³/mol. The zero-order valence-electron chi connectivity index (χ0n) is 9.85. The largest absolute Gasteiger partial charge is 0.378 e. The molecule has 0 saturated carbocycles. The van der Waals surface area contributed by atoms with Crippen LogP contribution >= 0.6 is 11.6 Å². The van der Waals surface area contributed by atoms with Crippen LogP contribution in [0.3, 0.4) is 0 Å². The predicted octanol–water partition coefficient (Wildman–Crippen LogP) is 3.13. The summed E-state index contributed by atoms with van der Waals surface area (Å²) in [4.78, 5) is 4.13. The average molecular weight is 277 g/mol.